The molecule has 184 valence electrons. The lowest BCUT2D eigenvalue weighted by molar-refractivity contribution is 0.00766. The van der Waals surface area contributed by atoms with E-state index in [0.717, 1.165) is 72.7 Å². The summed E-state index contributed by atoms with van der Waals surface area (Å²) in [5.41, 5.74) is 9.85. The summed E-state index contributed by atoms with van der Waals surface area (Å²) >= 11 is 1.34. The molecule has 3 unspecified atom stereocenters. The lowest BCUT2D eigenvalue weighted by Gasteiger charge is -2.28. The van der Waals surface area contributed by atoms with Gasteiger partial charge in [0.05, 0.1) is 29.4 Å². The monoisotopic (exact) mass is 493 g/mol. The quantitative estimate of drug-likeness (QED) is 0.506. The number of aromatic nitrogens is 3. The number of thiophene rings is 1. The van der Waals surface area contributed by atoms with Crippen molar-refractivity contribution in [2.45, 2.75) is 57.2 Å². The highest BCUT2D eigenvalue weighted by Crippen LogP contribution is 2.36. The Morgan fingerprint density at radius 1 is 1.31 bits per heavy atom. The largest absolute Gasteiger partial charge is 0.397 e. The Labute approximate surface area is 208 Å². The van der Waals surface area contributed by atoms with E-state index in [-0.39, 0.29) is 17.6 Å². The second-order valence-corrected chi connectivity index (χ2v) is 11.0. The highest BCUT2D eigenvalue weighted by molar-refractivity contribution is 7.21. The van der Waals surface area contributed by atoms with Crippen LogP contribution >= 0.6 is 11.3 Å². The zero-order valence-corrected chi connectivity index (χ0v) is 21.2. The second kappa shape index (κ2) is 8.39. The first kappa shape index (κ1) is 22.6. The number of nitrogens with zero attached hydrogens (tertiary/aromatic N) is 4. The highest BCUT2D eigenvalue weighted by atomic mass is 32.1. The van der Waals surface area contributed by atoms with Crippen LogP contribution < -0.4 is 21.3 Å². The third-order valence-electron chi connectivity index (χ3n) is 7.84. The lowest BCUT2D eigenvalue weighted by atomic mass is 9.91. The minimum Gasteiger partial charge on any atom is -0.397 e. The van der Waals surface area contributed by atoms with Crippen LogP contribution in [0, 0.1) is 13.8 Å². The first-order valence-corrected chi connectivity index (χ1v) is 13.0. The van der Waals surface area contributed by atoms with Crippen LogP contribution in [0.2, 0.25) is 0 Å². The lowest BCUT2D eigenvalue weighted by Crippen LogP contribution is -2.42. The molecule has 6 rings (SSSR count). The molecule has 3 aromatic heterocycles. The van der Waals surface area contributed by atoms with Crippen molar-refractivity contribution in [3.63, 3.8) is 0 Å². The van der Waals surface area contributed by atoms with Gasteiger partial charge in [-0.15, -0.1) is 11.3 Å². The number of nitrogen functional groups attached to an aromatic ring is 1. The van der Waals surface area contributed by atoms with Crippen molar-refractivity contribution in [3.8, 4) is 0 Å². The molecule has 2 aliphatic heterocycles. The molecule has 4 N–H and O–H groups in total. The van der Waals surface area contributed by atoms with Crippen molar-refractivity contribution in [3.05, 3.63) is 39.8 Å². The zero-order valence-electron chi connectivity index (χ0n) is 20.4. The number of nitrogens with one attached hydrogen (secondary N) is 2. The Morgan fingerprint density at radius 2 is 2.17 bits per heavy atom. The molecule has 1 amide bonds. The summed E-state index contributed by atoms with van der Waals surface area (Å²) in [6, 6.07) is 4.69. The molecule has 0 bridgehead atoms. The van der Waals surface area contributed by atoms with Gasteiger partial charge in [-0.05, 0) is 57.7 Å². The molecule has 3 atom stereocenters. The molecule has 35 heavy (non-hydrogen) atoms. The first-order valence-electron chi connectivity index (χ1n) is 12.2. The second-order valence-electron chi connectivity index (χ2n) is 9.98. The van der Waals surface area contributed by atoms with Crippen molar-refractivity contribution in [1.82, 2.24) is 25.6 Å². The van der Waals surface area contributed by atoms with Crippen molar-refractivity contribution in [2.24, 2.45) is 0 Å². The predicted molar refractivity (Wildman–Crippen MR) is 137 cm³/mol. The Bertz CT molecular complexity index is 1320. The van der Waals surface area contributed by atoms with Gasteiger partial charge in [0.1, 0.15) is 27.0 Å². The number of ether oxygens (including phenoxy) is 1. The number of hydrogen-bond donors (Lipinski definition) is 3. The molecule has 0 saturated carbocycles. The predicted octanol–water partition coefficient (Wildman–Crippen LogP) is 2.14. The average molecular weight is 494 g/mol. The van der Waals surface area contributed by atoms with Crippen LogP contribution in [0.4, 0.5) is 11.5 Å². The summed E-state index contributed by atoms with van der Waals surface area (Å²) in [5.74, 6) is 1.56. The number of anilines is 2. The van der Waals surface area contributed by atoms with Crippen LogP contribution in [-0.2, 0) is 17.6 Å². The van der Waals surface area contributed by atoms with E-state index in [9.17, 15) is 4.79 Å². The Hall–Kier alpha value is -2.82. The maximum Gasteiger partial charge on any atom is 0.263 e. The fourth-order valence-electron chi connectivity index (χ4n) is 5.98. The summed E-state index contributed by atoms with van der Waals surface area (Å²) in [7, 11) is 1.82. The zero-order chi connectivity index (χ0) is 24.3. The van der Waals surface area contributed by atoms with Crippen molar-refractivity contribution < 1.29 is 9.53 Å². The smallest absolute Gasteiger partial charge is 0.263 e. The van der Waals surface area contributed by atoms with E-state index in [4.69, 9.17) is 15.5 Å². The number of carbonyl (C=O) groups excluding carboxylic acids is 1. The third-order valence-corrected chi connectivity index (χ3v) is 8.94. The van der Waals surface area contributed by atoms with Gasteiger partial charge >= 0.3 is 0 Å². The van der Waals surface area contributed by atoms with E-state index in [1.54, 1.807) is 0 Å². The summed E-state index contributed by atoms with van der Waals surface area (Å²) in [4.78, 5) is 30.6. The SMILES string of the molecule is COC12CCNC1CN(c1ccc3c(n1)CCC(NC(=O)c1sc4nc(C)nc(C)c4c1N)C3)C2. The Balaban J connectivity index is 1.16. The number of aryl methyl sites for hydroxylation is 3. The summed E-state index contributed by atoms with van der Waals surface area (Å²) < 4.78 is 5.93. The number of rotatable bonds is 4. The maximum absolute atomic E-state index is 13.1. The van der Waals surface area contributed by atoms with Crippen LogP contribution in [0.5, 0.6) is 0 Å². The van der Waals surface area contributed by atoms with Crippen molar-refractivity contribution in [2.75, 3.05) is 37.4 Å². The molecule has 1 aliphatic carbocycles. The van der Waals surface area contributed by atoms with E-state index in [0.29, 0.717) is 22.4 Å². The van der Waals surface area contributed by atoms with Gasteiger partial charge in [-0.25, -0.2) is 15.0 Å². The number of fused-ring (bicyclic) bond motifs is 3. The standard InChI is InChI=1S/C25H31N7O2S/c1-13-20-21(26)22(35-24(20)29-14(2)28-13)23(33)30-16-5-6-17-15(10-16)4-7-19(31-17)32-11-18-25(12-32,34-3)8-9-27-18/h4,7,16,18,27H,5-6,8-12,26H2,1-3H3,(H,30,33). The molecular weight excluding hydrogens is 462 g/mol. The van der Waals surface area contributed by atoms with Crippen LogP contribution in [0.25, 0.3) is 10.2 Å². The number of nitrogens with two attached hydrogens (primary N) is 1. The maximum atomic E-state index is 13.1. The van der Waals surface area contributed by atoms with Gasteiger partial charge in [0.15, 0.2) is 0 Å². The number of carbonyl (C=O) groups is 1. The topological polar surface area (TPSA) is 118 Å². The molecule has 2 saturated heterocycles. The molecule has 3 aliphatic rings. The molecule has 0 spiro atoms. The molecular formula is C25H31N7O2S. The van der Waals surface area contributed by atoms with Gasteiger partial charge < -0.3 is 26.0 Å². The number of amides is 1. The summed E-state index contributed by atoms with van der Waals surface area (Å²) in [6.07, 6.45) is 3.49. The number of methoxy groups -OCH3 is 1. The fourth-order valence-corrected chi connectivity index (χ4v) is 7.07. The summed E-state index contributed by atoms with van der Waals surface area (Å²) in [5, 5.41) is 7.56. The minimum absolute atomic E-state index is 0.0493. The van der Waals surface area contributed by atoms with E-state index >= 15 is 0 Å². The summed E-state index contributed by atoms with van der Waals surface area (Å²) in [6.45, 7) is 6.55. The van der Waals surface area contributed by atoms with E-state index < -0.39 is 0 Å². The van der Waals surface area contributed by atoms with Gasteiger partial charge in [0.2, 0.25) is 0 Å². The molecule has 2 fully saturated rings. The van der Waals surface area contributed by atoms with Gasteiger partial charge in [0.25, 0.3) is 5.91 Å². The van der Waals surface area contributed by atoms with Crippen LogP contribution in [0.1, 0.15) is 45.3 Å². The Kier molecular flexibility index (Phi) is 5.43. The van der Waals surface area contributed by atoms with E-state index in [2.05, 4.69) is 37.6 Å². The molecule has 0 radical (unpaired) electrons. The van der Waals surface area contributed by atoms with Crippen molar-refractivity contribution >= 4 is 39.0 Å². The van der Waals surface area contributed by atoms with Gasteiger partial charge in [-0.2, -0.15) is 0 Å². The van der Waals surface area contributed by atoms with Crippen LogP contribution in [-0.4, -0.2) is 65.3 Å². The first-order chi connectivity index (χ1) is 16.9. The number of pyridine rings is 1. The molecule has 10 heteroatoms. The van der Waals surface area contributed by atoms with Crippen molar-refractivity contribution in [1.29, 1.82) is 0 Å². The molecule has 5 heterocycles. The Morgan fingerprint density at radius 3 is 2.97 bits per heavy atom. The highest BCUT2D eigenvalue weighted by Gasteiger charge is 2.50. The molecule has 0 aromatic carbocycles. The van der Waals surface area contributed by atoms with E-state index in [1.807, 2.05) is 21.0 Å². The minimum atomic E-state index is -0.137. The van der Waals surface area contributed by atoms with E-state index in [1.165, 1.54) is 16.9 Å². The van der Waals surface area contributed by atoms with Crippen LogP contribution in [0.15, 0.2) is 12.1 Å². The molecule has 9 nitrogen and oxygen atoms in total. The normalized spacial score (nSPS) is 25.6. The average Bonchev–Trinajstić information content (AvgIpc) is 3.49. The van der Waals surface area contributed by atoms with Crippen LogP contribution in [0.3, 0.4) is 0 Å². The third kappa shape index (κ3) is 3.75. The fraction of sp³-hybridized carbons (Fsp3) is 0.520. The van der Waals surface area contributed by atoms with Gasteiger partial charge in [0, 0.05) is 25.4 Å². The van der Waals surface area contributed by atoms with Gasteiger partial charge in [-0.1, -0.05) is 6.07 Å². The molecule has 3 aromatic rings. The van der Waals surface area contributed by atoms with Gasteiger partial charge in [-0.3, -0.25) is 4.79 Å². The number of hydrogen-bond acceptors (Lipinski definition) is 9.